The van der Waals surface area contributed by atoms with Gasteiger partial charge in [-0.2, -0.15) is 4.37 Å². The Kier molecular flexibility index (Phi) is 7.37. The first-order valence-corrected chi connectivity index (χ1v) is 10.4. The fourth-order valence-corrected chi connectivity index (χ4v) is 4.25. The molecule has 0 aliphatic carbocycles. The van der Waals surface area contributed by atoms with E-state index in [0.717, 1.165) is 55.4 Å². The lowest BCUT2D eigenvalue weighted by Crippen LogP contribution is -2.31. The van der Waals surface area contributed by atoms with Crippen molar-refractivity contribution in [2.75, 3.05) is 39.1 Å². The summed E-state index contributed by atoms with van der Waals surface area (Å²) in [5.74, 6) is 1.78. The molecule has 4 heterocycles. The standard InChI is InChI=1S/C13H16ClN5S.C5H10O2/c1-19-4-2-3-8(7-19)12-17-13(20-18-12)9-5-11(15)16-6-10(9)14;6-5-2-1-3-7-4-5/h5-6,8H,2-4,7H2,1H3,(H2,15,16);5-6H,1-4H2. The average Bonchev–Trinajstić information content (AvgIpc) is 3.15. The highest BCUT2D eigenvalue weighted by molar-refractivity contribution is 7.09. The number of aliphatic hydroxyl groups excluding tert-OH is 1. The summed E-state index contributed by atoms with van der Waals surface area (Å²) in [5.41, 5.74) is 6.52. The molecule has 7 nitrogen and oxygen atoms in total. The van der Waals surface area contributed by atoms with E-state index in [2.05, 4.69) is 26.3 Å². The van der Waals surface area contributed by atoms with Gasteiger partial charge in [-0.3, -0.25) is 0 Å². The van der Waals surface area contributed by atoms with Gasteiger partial charge in [0.05, 0.1) is 17.7 Å². The Labute approximate surface area is 168 Å². The molecule has 2 aromatic heterocycles. The van der Waals surface area contributed by atoms with Crippen molar-refractivity contribution in [3.05, 3.63) is 23.1 Å². The van der Waals surface area contributed by atoms with Gasteiger partial charge >= 0.3 is 0 Å². The zero-order valence-corrected chi connectivity index (χ0v) is 17.0. The van der Waals surface area contributed by atoms with Crippen LogP contribution in [0.1, 0.15) is 37.4 Å². The SMILES string of the molecule is CN1CCCC(c2nsc(-c3cc(N)ncc3Cl)n2)C1.OC1CCCOC1. The van der Waals surface area contributed by atoms with Crippen LogP contribution in [0.15, 0.2) is 12.3 Å². The Morgan fingerprint density at radius 2 is 2.22 bits per heavy atom. The molecular weight excluding hydrogens is 386 g/mol. The first kappa shape index (κ1) is 20.4. The maximum atomic E-state index is 8.78. The van der Waals surface area contributed by atoms with E-state index in [1.54, 1.807) is 12.3 Å². The van der Waals surface area contributed by atoms with Crippen LogP contribution in [-0.4, -0.2) is 63.8 Å². The van der Waals surface area contributed by atoms with E-state index in [9.17, 15) is 0 Å². The fraction of sp³-hybridized carbons (Fsp3) is 0.611. The molecule has 3 N–H and O–H groups in total. The monoisotopic (exact) mass is 411 g/mol. The van der Waals surface area contributed by atoms with Crippen molar-refractivity contribution >= 4 is 29.0 Å². The lowest BCUT2D eigenvalue weighted by molar-refractivity contribution is -0.00535. The topological polar surface area (TPSA) is 97.4 Å². The number of ether oxygens (including phenoxy) is 1. The third-order valence-electron chi connectivity index (χ3n) is 4.67. The van der Waals surface area contributed by atoms with Gasteiger partial charge < -0.3 is 20.5 Å². The number of likely N-dealkylation sites (tertiary alicyclic amines) is 1. The number of hydrogen-bond donors (Lipinski definition) is 2. The summed E-state index contributed by atoms with van der Waals surface area (Å²) in [6, 6.07) is 1.75. The molecule has 0 amide bonds. The van der Waals surface area contributed by atoms with E-state index in [0.29, 0.717) is 23.4 Å². The van der Waals surface area contributed by atoms with Gasteiger partial charge in [-0.1, -0.05) is 11.6 Å². The second-order valence-corrected chi connectivity index (χ2v) is 8.18. The van der Waals surface area contributed by atoms with E-state index < -0.39 is 0 Å². The molecule has 2 aromatic rings. The molecule has 27 heavy (non-hydrogen) atoms. The number of halogens is 1. The molecule has 9 heteroatoms. The molecule has 2 saturated heterocycles. The van der Waals surface area contributed by atoms with Crippen molar-refractivity contribution in [2.24, 2.45) is 0 Å². The van der Waals surface area contributed by atoms with Crippen molar-refractivity contribution in [3.8, 4) is 10.6 Å². The lowest BCUT2D eigenvalue weighted by atomic mass is 9.98. The molecule has 148 valence electrons. The zero-order valence-electron chi connectivity index (χ0n) is 15.5. The number of piperidine rings is 1. The molecule has 2 fully saturated rings. The normalized spacial score (nSPS) is 23.5. The number of anilines is 1. The maximum absolute atomic E-state index is 8.78. The van der Waals surface area contributed by atoms with Gasteiger partial charge in [0, 0.05) is 30.8 Å². The predicted octanol–water partition coefficient (Wildman–Crippen LogP) is 2.80. The number of aromatic nitrogens is 3. The number of nitrogens with zero attached hydrogens (tertiary/aromatic N) is 4. The second kappa shape index (κ2) is 9.75. The molecule has 2 atom stereocenters. The summed E-state index contributed by atoms with van der Waals surface area (Å²) in [5, 5.41) is 10.2. The van der Waals surface area contributed by atoms with Gasteiger partial charge in [0.2, 0.25) is 0 Å². The van der Waals surface area contributed by atoms with E-state index >= 15 is 0 Å². The minimum Gasteiger partial charge on any atom is -0.391 e. The molecular formula is C18H26ClN5O2S. The van der Waals surface area contributed by atoms with Crippen LogP contribution in [0.25, 0.3) is 10.6 Å². The molecule has 2 aliphatic rings. The van der Waals surface area contributed by atoms with Crippen LogP contribution in [0.3, 0.4) is 0 Å². The Hall–Kier alpha value is -1.32. The van der Waals surface area contributed by atoms with Crippen LogP contribution in [0.2, 0.25) is 5.02 Å². The van der Waals surface area contributed by atoms with Crippen LogP contribution >= 0.6 is 23.1 Å². The predicted molar refractivity (Wildman–Crippen MR) is 108 cm³/mol. The smallest absolute Gasteiger partial charge is 0.147 e. The van der Waals surface area contributed by atoms with Gasteiger partial charge in [-0.25, -0.2) is 9.97 Å². The molecule has 0 bridgehead atoms. The third-order valence-corrected chi connectivity index (χ3v) is 5.74. The molecule has 0 spiro atoms. The first-order valence-electron chi connectivity index (χ1n) is 9.22. The minimum atomic E-state index is -0.186. The largest absolute Gasteiger partial charge is 0.391 e. The van der Waals surface area contributed by atoms with Crippen molar-refractivity contribution in [1.82, 2.24) is 19.2 Å². The zero-order chi connectivity index (χ0) is 19.2. The number of hydrogen-bond acceptors (Lipinski definition) is 8. The molecule has 2 unspecified atom stereocenters. The summed E-state index contributed by atoms with van der Waals surface area (Å²) in [6.45, 7) is 3.54. The minimum absolute atomic E-state index is 0.186. The molecule has 0 aromatic carbocycles. The Morgan fingerprint density at radius 3 is 2.89 bits per heavy atom. The van der Waals surface area contributed by atoms with Gasteiger partial charge in [0.1, 0.15) is 16.6 Å². The lowest BCUT2D eigenvalue weighted by Gasteiger charge is -2.27. The summed E-state index contributed by atoms with van der Waals surface area (Å²) >= 11 is 7.53. The average molecular weight is 412 g/mol. The summed E-state index contributed by atoms with van der Waals surface area (Å²) in [6.07, 6.45) is 5.64. The number of pyridine rings is 1. The first-order chi connectivity index (χ1) is 13.0. The van der Waals surface area contributed by atoms with Crippen molar-refractivity contribution in [3.63, 3.8) is 0 Å². The number of nitrogens with two attached hydrogens (primary N) is 1. The highest BCUT2D eigenvalue weighted by Crippen LogP contribution is 2.32. The van der Waals surface area contributed by atoms with Crippen LogP contribution in [-0.2, 0) is 4.74 Å². The fourth-order valence-electron chi connectivity index (χ4n) is 3.23. The van der Waals surface area contributed by atoms with Gasteiger partial charge in [-0.05, 0) is 56.9 Å². The maximum Gasteiger partial charge on any atom is 0.147 e. The van der Waals surface area contributed by atoms with Gasteiger partial charge in [0.15, 0.2) is 0 Å². The molecule has 2 aliphatic heterocycles. The van der Waals surface area contributed by atoms with Crippen LogP contribution in [0.5, 0.6) is 0 Å². The highest BCUT2D eigenvalue weighted by Gasteiger charge is 2.23. The second-order valence-electron chi connectivity index (χ2n) is 7.02. The number of rotatable bonds is 2. The van der Waals surface area contributed by atoms with E-state index in [4.69, 9.17) is 27.2 Å². The molecule has 0 saturated carbocycles. The van der Waals surface area contributed by atoms with Crippen molar-refractivity contribution in [1.29, 1.82) is 0 Å². The van der Waals surface area contributed by atoms with Crippen molar-refractivity contribution < 1.29 is 9.84 Å². The molecule has 4 rings (SSSR count). The Morgan fingerprint density at radius 1 is 1.37 bits per heavy atom. The van der Waals surface area contributed by atoms with Crippen molar-refractivity contribution in [2.45, 2.75) is 37.7 Å². The van der Waals surface area contributed by atoms with E-state index in [-0.39, 0.29) is 6.10 Å². The van der Waals surface area contributed by atoms with Crippen LogP contribution < -0.4 is 5.73 Å². The third kappa shape index (κ3) is 5.83. The van der Waals surface area contributed by atoms with Crippen LogP contribution in [0, 0.1) is 0 Å². The van der Waals surface area contributed by atoms with Gasteiger partial charge in [0.25, 0.3) is 0 Å². The number of likely N-dealkylation sites (N-methyl/N-ethyl adjacent to an activating group) is 1. The summed E-state index contributed by atoms with van der Waals surface area (Å²) in [4.78, 5) is 10.9. The Balaban J connectivity index is 0.000000253. The quantitative estimate of drug-likeness (QED) is 0.783. The van der Waals surface area contributed by atoms with Gasteiger partial charge in [-0.15, -0.1) is 0 Å². The Bertz CT molecular complexity index is 738. The van der Waals surface area contributed by atoms with Crippen LogP contribution in [0.4, 0.5) is 5.82 Å². The number of aliphatic hydroxyl groups is 1. The van der Waals surface area contributed by atoms with E-state index in [1.807, 2.05) is 0 Å². The summed E-state index contributed by atoms with van der Waals surface area (Å²) in [7, 11) is 2.14. The van der Waals surface area contributed by atoms with E-state index in [1.165, 1.54) is 18.0 Å². The number of nitrogen functional groups attached to an aromatic ring is 1. The highest BCUT2D eigenvalue weighted by atomic mass is 35.5. The summed E-state index contributed by atoms with van der Waals surface area (Å²) < 4.78 is 9.44. The molecule has 0 radical (unpaired) electrons.